The number of nitrogens with zero attached hydrogens (tertiary/aromatic N) is 4. The Hall–Kier alpha value is -2.31. The quantitative estimate of drug-likeness (QED) is 0.662. The van der Waals surface area contributed by atoms with E-state index in [2.05, 4.69) is 50.4 Å². The molecule has 6 heteroatoms. The average Bonchev–Trinajstić information content (AvgIpc) is 3.39. The van der Waals surface area contributed by atoms with Crippen LogP contribution in [-0.4, -0.2) is 45.8 Å². The molecule has 0 radical (unpaired) electrons. The number of thiophene rings is 1. The first-order valence-corrected chi connectivity index (χ1v) is 9.92. The minimum atomic E-state index is 0.464. The zero-order valence-electron chi connectivity index (χ0n) is 14.4. The molecule has 0 N–H and O–H groups in total. The molecule has 1 aromatic carbocycles. The Morgan fingerprint density at radius 1 is 1.04 bits per heavy atom. The van der Waals surface area contributed by atoms with E-state index in [1.165, 1.54) is 37.3 Å². The minimum Gasteiger partial charge on any atom is -0.301 e. The maximum Gasteiger partial charge on any atom is 0.160 e. The van der Waals surface area contributed by atoms with Gasteiger partial charge in [-0.25, -0.2) is 4.68 Å². The predicted octanol–water partition coefficient (Wildman–Crippen LogP) is 3.75. The van der Waals surface area contributed by atoms with E-state index in [1.807, 2.05) is 12.1 Å². The molecule has 0 saturated carbocycles. The van der Waals surface area contributed by atoms with Crippen molar-refractivity contribution in [2.45, 2.75) is 18.9 Å². The van der Waals surface area contributed by atoms with Gasteiger partial charge in [0.25, 0.3) is 0 Å². The highest BCUT2D eigenvalue weighted by molar-refractivity contribution is 7.17. The molecule has 132 valence electrons. The van der Waals surface area contributed by atoms with E-state index in [0.717, 1.165) is 45.3 Å². The van der Waals surface area contributed by atoms with E-state index in [1.54, 1.807) is 0 Å². The number of hydrogen-bond acceptors (Lipinski definition) is 5. The highest BCUT2D eigenvalue weighted by Gasteiger charge is 2.35. The molecule has 2 aromatic heterocycles. The first kappa shape index (κ1) is 15.9. The van der Waals surface area contributed by atoms with E-state index in [9.17, 15) is 4.79 Å². The molecule has 26 heavy (non-hydrogen) atoms. The molecule has 5 heterocycles. The van der Waals surface area contributed by atoms with Crippen LogP contribution >= 0.6 is 11.3 Å². The van der Waals surface area contributed by atoms with Gasteiger partial charge in [-0.05, 0) is 49.5 Å². The van der Waals surface area contributed by atoms with Gasteiger partial charge in [-0.1, -0.05) is 29.5 Å². The van der Waals surface area contributed by atoms with Gasteiger partial charge >= 0.3 is 0 Å². The van der Waals surface area contributed by atoms with Crippen LogP contribution in [0.25, 0.3) is 21.7 Å². The lowest BCUT2D eigenvalue weighted by Crippen LogP contribution is -2.48. The monoisotopic (exact) mass is 364 g/mol. The van der Waals surface area contributed by atoms with Gasteiger partial charge in [-0.15, -0.1) is 16.4 Å². The van der Waals surface area contributed by atoms with Crippen LogP contribution in [0, 0.1) is 5.92 Å². The Morgan fingerprint density at radius 3 is 2.46 bits per heavy atom. The molecule has 3 saturated heterocycles. The summed E-state index contributed by atoms with van der Waals surface area (Å²) in [5.74, 6) is 0.739. The smallest absolute Gasteiger partial charge is 0.160 e. The molecule has 2 bridgehead atoms. The van der Waals surface area contributed by atoms with Crippen molar-refractivity contribution in [2.24, 2.45) is 5.92 Å². The van der Waals surface area contributed by atoms with E-state index in [4.69, 9.17) is 0 Å². The third-order valence-corrected chi connectivity index (χ3v) is 6.74. The maximum atomic E-state index is 10.9. The number of carbonyl (C=O) groups is 1. The molecule has 1 unspecified atom stereocenters. The summed E-state index contributed by atoms with van der Waals surface area (Å²) in [6.07, 6.45) is 5.54. The van der Waals surface area contributed by atoms with Crippen molar-refractivity contribution in [3.63, 3.8) is 0 Å². The van der Waals surface area contributed by atoms with E-state index in [0.29, 0.717) is 6.04 Å². The number of piperidine rings is 3. The number of benzene rings is 1. The van der Waals surface area contributed by atoms with Crippen LogP contribution in [0.4, 0.5) is 0 Å². The lowest BCUT2D eigenvalue weighted by atomic mass is 9.84. The zero-order chi connectivity index (χ0) is 17.5. The van der Waals surface area contributed by atoms with Gasteiger partial charge < -0.3 is 4.90 Å². The topological polar surface area (TPSA) is 51.0 Å². The molecular formula is C20H20N4OS. The zero-order valence-corrected chi connectivity index (χ0v) is 15.2. The molecule has 3 aliphatic rings. The summed E-state index contributed by atoms with van der Waals surface area (Å²) >= 11 is 1.51. The number of aldehydes is 1. The third kappa shape index (κ3) is 2.79. The van der Waals surface area contributed by atoms with E-state index < -0.39 is 0 Å². The van der Waals surface area contributed by atoms with Gasteiger partial charge in [0.05, 0.1) is 17.1 Å². The van der Waals surface area contributed by atoms with Crippen LogP contribution in [0.15, 0.2) is 42.6 Å². The number of carbonyl (C=O) groups excluding carboxylic acids is 1. The Morgan fingerprint density at radius 2 is 1.81 bits per heavy atom. The van der Waals surface area contributed by atoms with Crippen LogP contribution in [0.5, 0.6) is 0 Å². The fourth-order valence-corrected chi connectivity index (χ4v) is 5.01. The van der Waals surface area contributed by atoms with Crippen molar-refractivity contribution in [2.75, 3.05) is 19.6 Å². The van der Waals surface area contributed by atoms with Crippen LogP contribution in [0.1, 0.15) is 28.6 Å². The molecule has 0 spiro atoms. The lowest BCUT2D eigenvalue weighted by Gasteiger charge is -2.44. The summed E-state index contributed by atoms with van der Waals surface area (Å²) in [6, 6.07) is 12.7. The number of rotatable bonds is 4. The summed E-state index contributed by atoms with van der Waals surface area (Å²) in [6.45, 7) is 3.57. The Labute approximate surface area is 156 Å². The second-order valence-electron chi connectivity index (χ2n) is 7.19. The molecule has 3 aliphatic heterocycles. The van der Waals surface area contributed by atoms with Crippen molar-refractivity contribution >= 4 is 17.6 Å². The summed E-state index contributed by atoms with van der Waals surface area (Å²) in [5.41, 5.74) is 3.12. The maximum absolute atomic E-state index is 10.9. The molecule has 0 amide bonds. The third-order valence-electron chi connectivity index (χ3n) is 5.68. The molecular weight excluding hydrogens is 344 g/mol. The van der Waals surface area contributed by atoms with Crippen molar-refractivity contribution in [1.29, 1.82) is 0 Å². The normalized spacial score (nSPS) is 24.7. The second kappa shape index (κ2) is 6.45. The molecule has 1 atom stereocenters. The molecule has 3 aromatic rings. The fourth-order valence-electron chi connectivity index (χ4n) is 4.18. The van der Waals surface area contributed by atoms with Crippen molar-refractivity contribution in [1.82, 2.24) is 19.9 Å². The van der Waals surface area contributed by atoms with Crippen LogP contribution in [0.3, 0.4) is 0 Å². The second-order valence-corrected chi connectivity index (χ2v) is 8.30. The number of aromatic nitrogens is 3. The van der Waals surface area contributed by atoms with Gasteiger partial charge in [0.2, 0.25) is 0 Å². The van der Waals surface area contributed by atoms with Gasteiger partial charge in [0.15, 0.2) is 6.29 Å². The van der Waals surface area contributed by atoms with Crippen molar-refractivity contribution < 1.29 is 4.79 Å². The Balaban J connectivity index is 1.37. The van der Waals surface area contributed by atoms with Crippen LogP contribution in [-0.2, 0) is 0 Å². The number of fused-ring (bicyclic) bond motifs is 3. The molecule has 0 aliphatic carbocycles. The lowest BCUT2D eigenvalue weighted by molar-refractivity contribution is 0.0504. The summed E-state index contributed by atoms with van der Waals surface area (Å²) < 4.78 is 2.08. The van der Waals surface area contributed by atoms with Gasteiger partial charge in [0, 0.05) is 17.0 Å². The van der Waals surface area contributed by atoms with Crippen molar-refractivity contribution in [3.05, 3.63) is 47.5 Å². The van der Waals surface area contributed by atoms with Crippen molar-refractivity contribution in [3.8, 4) is 21.7 Å². The highest BCUT2D eigenvalue weighted by atomic mass is 32.1. The highest BCUT2D eigenvalue weighted by Crippen LogP contribution is 2.36. The number of hydrogen-bond donors (Lipinski definition) is 0. The first-order valence-electron chi connectivity index (χ1n) is 9.10. The Bertz CT molecular complexity index is 921. The van der Waals surface area contributed by atoms with E-state index >= 15 is 0 Å². The standard InChI is InChI=1S/C20H20N4OS/c25-13-17-5-6-20(26-17)16-3-1-14(2-4-16)18-11-24(22-21-18)19-12-23-9-7-15(19)8-10-23/h1-6,11,13,15,19H,7-10,12H2. The SMILES string of the molecule is O=Cc1ccc(-c2ccc(-c3cn(C4CN5CCC4CC5)nn3)cc2)s1. The molecule has 5 nitrogen and oxygen atoms in total. The first-order chi connectivity index (χ1) is 12.8. The van der Waals surface area contributed by atoms with Crippen LogP contribution in [0.2, 0.25) is 0 Å². The van der Waals surface area contributed by atoms with Gasteiger partial charge in [-0.3, -0.25) is 4.79 Å². The largest absolute Gasteiger partial charge is 0.301 e. The average molecular weight is 364 g/mol. The molecule has 6 rings (SSSR count). The van der Waals surface area contributed by atoms with Gasteiger partial charge in [-0.2, -0.15) is 0 Å². The minimum absolute atomic E-state index is 0.464. The predicted molar refractivity (Wildman–Crippen MR) is 102 cm³/mol. The van der Waals surface area contributed by atoms with Crippen LogP contribution < -0.4 is 0 Å². The summed E-state index contributed by atoms with van der Waals surface area (Å²) in [4.78, 5) is 15.3. The van der Waals surface area contributed by atoms with Gasteiger partial charge in [0.1, 0.15) is 5.69 Å². The van der Waals surface area contributed by atoms with E-state index in [-0.39, 0.29) is 0 Å². The summed E-state index contributed by atoms with van der Waals surface area (Å²) in [7, 11) is 0. The summed E-state index contributed by atoms with van der Waals surface area (Å²) in [5, 5.41) is 8.85. The Kier molecular flexibility index (Phi) is 3.94. The fraction of sp³-hybridized carbons (Fsp3) is 0.350. The molecule has 3 fully saturated rings.